The Labute approximate surface area is 115 Å². The van der Waals surface area contributed by atoms with Crippen molar-refractivity contribution in [2.75, 3.05) is 7.11 Å². The lowest BCUT2D eigenvalue weighted by Gasteiger charge is -2.03. The molecular formula is C15H11ClN2O. The van der Waals surface area contributed by atoms with E-state index in [-0.39, 0.29) is 0 Å². The summed E-state index contributed by atoms with van der Waals surface area (Å²) < 4.78 is 7.37. The molecular weight excluding hydrogens is 260 g/mol. The molecule has 0 saturated carbocycles. The maximum Gasteiger partial charge on any atom is 0.137 e. The fraction of sp³-hybridized carbons (Fsp3) is 0.133. The van der Waals surface area contributed by atoms with Gasteiger partial charge in [-0.05, 0) is 29.8 Å². The van der Waals surface area contributed by atoms with Crippen molar-refractivity contribution >= 4 is 17.2 Å². The van der Waals surface area contributed by atoms with Crippen molar-refractivity contribution in [1.82, 2.24) is 9.38 Å². The first-order valence-electron chi connectivity index (χ1n) is 6.10. The molecule has 2 heterocycles. The van der Waals surface area contributed by atoms with E-state index in [1.165, 1.54) is 11.3 Å². The molecule has 4 rings (SSSR count). The standard InChI is InChI=1S/C15H11ClN2O/c1-19-11-4-2-9-6-13-15(12(9)7-11)17-14-5-3-10(16)8-18(13)14/h2-5,7-8H,6H2,1H3. The predicted molar refractivity (Wildman–Crippen MR) is 75.0 cm³/mol. The summed E-state index contributed by atoms with van der Waals surface area (Å²) in [7, 11) is 1.68. The van der Waals surface area contributed by atoms with Crippen LogP contribution in [0.5, 0.6) is 5.75 Å². The summed E-state index contributed by atoms with van der Waals surface area (Å²) in [6.07, 6.45) is 2.81. The number of aromatic nitrogens is 2. The van der Waals surface area contributed by atoms with E-state index >= 15 is 0 Å². The Morgan fingerprint density at radius 1 is 1.26 bits per heavy atom. The molecule has 0 atom stereocenters. The predicted octanol–water partition coefficient (Wildman–Crippen LogP) is 3.57. The Kier molecular flexibility index (Phi) is 2.15. The molecule has 0 saturated heterocycles. The molecule has 3 nitrogen and oxygen atoms in total. The Morgan fingerprint density at radius 2 is 2.16 bits per heavy atom. The van der Waals surface area contributed by atoms with Crippen LogP contribution in [-0.2, 0) is 6.42 Å². The second kappa shape index (κ2) is 3.75. The molecule has 0 N–H and O–H groups in total. The second-order valence-electron chi connectivity index (χ2n) is 4.68. The SMILES string of the molecule is COc1ccc2c(c1)-c1nc3ccc(Cl)cn3c1C2. The summed E-state index contributed by atoms with van der Waals surface area (Å²) in [5.41, 5.74) is 5.61. The van der Waals surface area contributed by atoms with E-state index in [9.17, 15) is 0 Å². The van der Waals surface area contributed by atoms with Crippen molar-refractivity contribution in [3.05, 3.63) is 52.8 Å². The van der Waals surface area contributed by atoms with Gasteiger partial charge in [0, 0.05) is 18.2 Å². The van der Waals surface area contributed by atoms with Gasteiger partial charge in [0.05, 0.1) is 23.5 Å². The first kappa shape index (κ1) is 10.9. The zero-order valence-corrected chi connectivity index (χ0v) is 11.1. The number of halogens is 1. The van der Waals surface area contributed by atoms with Crippen molar-refractivity contribution in [2.24, 2.45) is 0 Å². The lowest BCUT2D eigenvalue weighted by Crippen LogP contribution is -1.91. The maximum absolute atomic E-state index is 6.07. The summed E-state index contributed by atoms with van der Waals surface area (Å²) >= 11 is 6.07. The van der Waals surface area contributed by atoms with Crippen LogP contribution in [0.3, 0.4) is 0 Å². The number of hydrogen-bond donors (Lipinski definition) is 0. The smallest absolute Gasteiger partial charge is 0.137 e. The average molecular weight is 271 g/mol. The van der Waals surface area contributed by atoms with Gasteiger partial charge in [-0.2, -0.15) is 0 Å². The van der Waals surface area contributed by atoms with Gasteiger partial charge in [0.1, 0.15) is 11.4 Å². The third-order valence-electron chi connectivity index (χ3n) is 3.61. The van der Waals surface area contributed by atoms with Gasteiger partial charge in [0.25, 0.3) is 0 Å². The molecule has 0 fully saturated rings. The number of methoxy groups -OCH3 is 1. The molecule has 0 radical (unpaired) electrons. The van der Waals surface area contributed by atoms with Gasteiger partial charge >= 0.3 is 0 Å². The lowest BCUT2D eigenvalue weighted by molar-refractivity contribution is 0.415. The Morgan fingerprint density at radius 3 is 3.00 bits per heavy atom. The van der Waals surface area contributed by atoms with Crippen LogP contribution in [0.1, 0.15) is 11.3 Å². The van der Waals surface area contributed by atoms with Crippen molar-refractivity contribution < 1.29 is 4.74 Å². The van der Waals surface area contributed by atoms with E-state index in [1.54, 1.807) is 7.11 Å². The highest BCUT2D eigenvalue weighted by molar-refractivity contribution is 6.30. The van der Waals surface area contributed by atoms with Crippen LogP contribution >= 0.6 is 11.6 Å². The van der Waals surface area contributed by atoms with Gasteiger partial charge in [-0.1, -0.05) is 17.7 Å². The fourth-order valence-corrected chi connectivity index (χ4v) is 2.85. The van der Waals surface area contributed by atoms with E-state index in [0.717, 1.165) is 34.1 Å². The zero-order chi connectivity index (χ0) is 13.0. The van der Waals surface area contributed by atoms with Crippen LogP contribution < -0.4 is 4.74 Å². The summed E-state index contributed by atoms with van der Waals surface area (Å²) in [4.78, 5) is 4.70. The Balaban J connectivity index is 2.00. The molecule has 3 aromatic rings. The van der Waals surface area contributed by atoms with Crippen molar-refractivity contribution in [3.8, 4) is 17.0 Å². The first-order chi connectivity index (χ1) is 9.26. The van der Waals surface area contributed by atoms with Gasteiger partial charge in [-0.25, -0.2) is 4.98 Å². The van der Waals surface area contributed by atoms with E-state index in [1.807, 2.05) is 24.4 Å². The molecule has 1 aromatic carbocycles. The van der Waals surface area contributed by atoms with Gasteiger partial charge in [0.15, 0.2) is 0 Å². The minimum atomic E-state index is 0.723. The van der Waals surface area contributed by atoms with Gasteiger partial charge in [-0.15, -0.1) is 0 Å². The molecule has 94 valence electrons. The number of benzene rings is 1. The molecule has 0 spiro atoms. The summed E-state index contributed by atoms with van der Waals surface area (Å²) in [6.45, 7) is 0. The summed E-state index contributed by atoms with van der Waals surface area (Å²) in [6, 6.07) is 9.96. The van der Waals surface area contributed by atoms with Crippen LogP contribution in [0.25, 0.3) is 16.9 Å². The molecule has 0 bridgehead atoms. The van der Waals surface area contributed by atoms with Crippen molar-refractivity contribution in [1.29, 1.82) is 0 Å². The third kappa shape index (κ3) is 1.48. The average Bonchev–Trinajstić information content (AvgIpc) is 2.94. The van der Waals surface area contributed by atoms with Crippen LogP contribution in [0.4, 0.5) is 0 Å². The molecule has 1 aliphatic carbocycles. The number of pyridine rings is 1. The summed E-state index contributed by atoms with van der Waals surface area (Å²) in [5, 5.41) is 0.723. The Hall–Kier alpha value is -2.00. The second-order valence-corrected chi connectivity index (χ2v) is 5.12. The summed E-state index contributed by atoms with van der Waals surface area (Å²) in [5.74, 6) is 0.863. The van der Waals surface area contributed by atoms with Gasteiger partial charge in [-0.3, -0.25) is 0 Å². The molecule has 2 aromatic heterocycles. The van der Waals surface area contributed by atoms with Crippen LogP contribution in [-0.4, -0.2) is 16.5 Å². The van der Waals surface area contributed by atoms with E-state index in [0.29, 0.717) is 0 Å². The minimum absolute atomic E-state index is 0.723. The van der Waals surface area contributed by atoms with Crippen molar-refractivity contribution in [2.45, 2.75) is 6.42 Å². The number of ether oxygens (including phenoxy) is 1. The number of nitrogens with zero attached hydrogens (tertiary/aromatic N) is 2. The number of imidazole rings is 1. The maximum atomic E-state index is 6.07. The van der Waals surface area contributed by atoms with Gasteiger partial charge < -0.3 is 9.14 Å². The molecule has 0 amide bonds. The first-order valence-corrected chi connectivity index (χ1v) is 6.48. The minimum Gasteiger partial charge on any atom is -0.497 e. The molecule has 0 unspecified atom stereocenters. The molecule has 0 aliphatic heterocycles. The van der Waals surface area contributed by atoms with Crippen LogP contribution in [0.2, 0.25) is 5.02 Å². The Bertz CT molecular complexity index is 807. The third-order valence-corrected chi connectivity index (χ3v) is 3.83. The number of fused-ring (bicyclic) bond motifs is 5. The highest BCUT2D eigenvalue weighted by Gasteiger charge is 2.24. The number of hydrogen-bond acceptors (Lipinski definition) is 2. The van der Waals surface area contributed by atoms with E-state index in [4.69, 9.17) is 21.3 Å². The van der Waals surface area contributed by atoms with Crippen LogP contribution in [0, 0.1) is 0 Å². The normalized spacial score (nSPS) is 12.5. The molecule has 1 aliphatic rings. The molecule has 4 heteroatoms. The monoisotopic (exact) mass is 270 g/mol. The van der Waals surface area contributed by atoms with Crippen molar-refractivity contribution in [3.63, 3.8) is 0 Å². The topological polar surface area (TPSA) is 26.5 Å². The highest BCUT2D eigenvalue weighted by Crippen LogP contribution is 2.38. The van der Waals surface area contributed by atoms with Gasteiger partial charge in [0.2, 0.25) is 0 Å². The largest absolute Gasteiger partial charge is 0.497 e. The fourth-order valence-electron chi connectivity index (χ4n) is 2.69. The quantitative estimate of drug-likeness (QED) is 0.529. The van der Waals surface area contributed by atoms with E-state index in [2.05, 4.69) is 16.5 Å². The van der Waals surface area contributed by atoms with E-state index < -0.39 is 0 Å². The zero-order valence-electron chi connectivity index (χ0n) is 10.4. The highest BCUT2D eigenvalue weighted by atomic mass is 35.5. The number of rotatable bonds is 1. The molecule has 19 heavy (non-hydrogen) atoms. The lowest BCUT2D eigenvalue weighted by atomic mass is 10.1. The van der Waals surface area contributed by atoms with Crippen LogP contribution in [0.15, 0.2) is 36.5 Å².